The van der Waals surface area contributed by atoms with Crippen molar-refractivity contribution in [1.29, 1.82) is 0 Å². The van der Waals surface area contributed by atoms with Gasteiger partial charge in [-0.1, -0.05) is 6.07 Å². The molecule has 0 aromatic heterocycles. The van der Waals surface area contributed by atoms with Gasteiger partial charge in [-0.25, -0.2) is 4.39 Å². The molecule has 0 aliphatic heterocycles. The minimum absolute atomic E-state index is 0.141. The molecule has 0 aliphatic rings. The molecule has 96 valence electrons. The molecule has 4 heteroatoms. The minimum Gasteiger partial charge on any atom is -0.385 e. The van der Waals surface area contributed by atoms with Gasteiger partial charge in [0.2, 0.25) is 0 Å². The molecule has 1 aromatic carbocycles. The maximum atomic E-state index is 13.8. The average molecular weight is 240 g/mol. The summed E-state index contributed by atoms with van der Waals surface area (Å²) in [6.45, 7) is 3.29. The lowest BCUT2D eigenvalue weighted by Gasteiger charge is -2.20. The monoisotopic (exact) mass is 240 g/mol. The van der Waals surface area contributed by atoms with Crippen molar-refractivity contribution in [1.82, 2.24) is 0 Å². The second kappa shape index (κ2) is 6.57. The largest absolute Gasteiger partial charge is 0.385 e. The topological polar surface area (TPSA) is 38.5 Å². The smallest absolute Gasteiger partial charge is 0.146 e. The predicted octanol–water partition coefficient (Wildman–Crippen LogP) is 2.32. The van der Waals surface area contributed by atoms with E-state index >= 15 is 0 Å². The van der Waals surface area contributed by atoms with E-state index in [0.717, 1.165) is 18.5 Å². The second-order valence-corrected chi connectivity index (χ2v) is 4.27. The molecule has 1 atom stereocenters. The molecular weight excluding hydrogens is 219 g/mol. The van der Waals surface area contributed by atoms with Crippen LogP contribution in [0.4, 0.5) is 10.1 Å². The molecule has 0 bridgehead atoms. The molecule has 1 aromatic rings. The summed E-state index contributed by atoms with van der Waals surface area (Å²) in [6, 6.07) is 5.01. The van der Waals surface area contributed by atoms with Gasteiger partial charge in [0.15, 0.2) is 0 Å². The molecule has 0 fully saturated rings. The van der Waals surface area contributed by atoms with E-state index in [-0.39, 0.29) is 11.9 Å². The van der Waals surface area contributed by atoms with Crippen LogP contribution in [0.1, 0.15) is 24.9 Å². The van der Waals surface area contributed by atoms with Crippen molar-refractivity contribution in [2.24, 2.45) is 5.73 Å². The maximum Gasteiger partial charge on any atom is 0.146 e. The molecule has 0 aliphatic carbocycles. The maximum absolute atomic E-state index is 13.8. The summed E-state index contributed by atoms with van der Waals surface area (Å²) in [5.41, 5.74) is 7.13. The van der Waals surface area contributed by atoms with Crippen LogP contribution in [0, 0.1) is 5.82 Å². The molecule has 3 nitrogen and oxygen atoms in total. The number of anilines is 1. The Morgan fingerprint density at radius 3 is 2.71 bits per heavy atom. The van der Waals surface area contributed by atoms with Gasteiger partial charge in [-0.3, -0.25) is 0 Å². The Bertz CT molecular complexity index is 355. The molecular formula is C13H21FN2O. The number of benzene rings is 1. The molecule has 0 heterocycles. The van der Waals surface area contributed by atoms with Crippen LogP contribution < -0.4 is 10.6 Å². The zero-order valence-electron chi connectivity index (χ0n) is 10.7. The fourth-order valence-electron chi connectivity index (χ4n) is 1.68. The van der Waals surface area contributed by atoms with E-state index in [1.54, 1.807) is 13.2 Å². The molecule has 1 unspecified atom stereocenters. The Labute approximate surface area is 102 Å². The van der Waals surface area contributed by atoms with E-state index in [4.69, 9.17) is 10.5 Å². The van der Waals surface area contributed by atoms with Crippen molar-refractivity contribution in [2.45, 2.75) is 19.4 Å². The first kappa shape index (κ1) is 13.9. The van der Waals surface area contributed by atoms with Gasteiger partial charge >= 0.3 is 0 Å². The molecule has 0 radical (unpaired) electrons. The van der Waals surface area contributed by atoms with Gasteiger partial charge in [0.25, 0.3) is 0 Å². The molecule has 0 amide bonds. The normalized spacial score (nSPS) is 12.5. The zero-order chi connectivity index (χ0) is 12.8. The van der Waals surface area contributed by atoms with Crippen molar-refractivity contribution in [3.63, 3.8) is 0 Å². The van der Waals surface area contributed by atoms with Crippen LogP contribution in [-0.2, 0) is 4.74 Å². The number of nitrogens with two attached hydrogens (primary N) is 1. The molecule has 17 heavy (non-hydrogen) atoms. The highest BCUT2D eigenvalue weighted by Gasteiger charge is 2.09. The zero-order valence-corrected chi connectivity index (χ0v) is 10.7. The van der Waals surface area contributed by atoms with Crippen molar-refractivity contribution in [2.75, 3.05) is 32.2 Å². The van der Waals surface area contributed by atoms with Crippen LogP contribution in [0.2, 0.25) is 0 Å². The summed E-state index contributed by atoms with van der Waals surface area (Å²) >= 11 is 0. The Hall–Kier alpha value is -1.13. The molecule has 1 rings (SSSR count). The number of hydrogen-bond donors (Lipinski definition) is 1. The number of ether oxygens (including phenoxy) is 1. The van der Waals surface area contributed by atoms with Gasteiger partial charge < -0.3 is 15.4 Å². The fraction of sp³-hybridized carbons (Fsp3) is 0.538. The van der Waals surface area contributed by atoms with Crippen molar-refractivity contribution in [3.05, 3.63) is 29.6 Å². The van der Waals surface area contributed by atoms with Crippen LogP contribution in [0.5, 0.6) is 0 Å². The number of rotatable bonds is 6. The van der Waals surface area contributed by atoms with Crippen LogP contribution in [0.25, 0.3) is 0 Å². The first-order valence-corrected chi connectivity index (χ1v) is 5.81. The number of nitrogens with zero attached hydrogens (tertiary/aromatic N) is 1. The highest BCUT2D eigenvalue weighted by Crippen LogP contribution is 2.21. The van der Waals surface area contributed by atoms with Crippen molar-refractivity contribution >= 4 is 5.69 Å². The molecule has 2 N–H and O–H groups in total. The third-order valence-electron chi connectivity index (χ3n) is 2.75. The van der Waals surface area contributed by atoms with E-state index in [9.17, 15) is 4.39 Å². The lowest BCUT2D eigenvalue weighted by molar-refractivity contribution is 0.196. The van der Waals surface area contributed by atoms with Gasteiger partial charge in [-0.2, -0.15) is 0 Å². The average Bonchev–Trinajstić information content (AvgIpc) is 2.28. The summed E-state index contributed by atoms with van der Waals surface area (Å²) in [6.07, 6.45) is 0.876. The van der Waals surface area contributed by atoms with E-state index < -0.39 is 0 Å². The van der Waals surface area contributed by atoms with Crippen molar-refractivity contribution in [3.8, 4) is 0 Å². The Morgan fingerprint density at radius 1 is 1.47 bits per heavy atom. The third-order valence-corrected chi connectivity index (χ3v) is 2.75. The Kier molecular flexibility index (Phi) is 5.38. The molecule has 0 saturated carbocycles. The van der Waals surface area contributed by atoms with Gasteiger partial charge in [-0.15, -0.1) is 0 Å². The lowest BCUT2D eigenvalue weighted by Crippen LogP contribution is -2.21. The van der Waals surface area contributed by atoms with E-state index in [2.05, 4.69) is 0 Å². The summed E-state index contributed by atoms with van der Waals surface area (Å²) in [4.78, 5) is 1.89. The van der Waals surface area contributed by atoms with Crippen LogP contribution in [0.15, 0.2) is 18.2 Å². The highest BCUT2D eigenvalue weighted by atomic mass is 19.1. The van der Waals surface area contributed by atoms with E-state index in [1.807, 2.05) is 24.9 Å². The Morgan fingerprint density at radius 2 is 2.18 bits per heavy atom. The van der Waals surface area contributed by atoms with Gasteiger partial charge in [0.1, 0.15) is 5.82 Å². The highest BCUT2D eigenvalue weighted by molar-refractivity contribution is 5.48. The molecule has 0 spiro atoms. The summed E-state index contributed by atoms with van der Waals surface area (Å²) in [5.74, 6) is -0.222. The number of methoxy groups -OCH3 is 1. The lowest BCUT2D eigenvalue weighted by atomic mass is 10.1. The Balaban J connectivity index is 2.70. The number of halogens is 1. The van der Waals surface area contributed by atoms with Gasteiger partial charge in [0.05, 0.1) is 5.69 Å². The fourth-order valence-corrected chi connectivity index (χ4v) is 1.68. The summed E-state index contributed by atoms with van der Waals surface area (Å²) < 4.78 is 18.8. The minimum atomic E-state index is -0.222. The van der Waals surface area contributed by atoms with E-state index in [1.165, 1.54) is 6.07 Å². The third kappa shape index (κ3) is 3.98. The van der Waals surface area contributed by atoms with Crippen LogP contribution in [0.3, 0.4) is 0 Å². The standard InChI is InChI=1S/C13H21FN2O/c1-10(15)11-5-6-13(12(14)9-11)16(2)7-4-8-17-3/h5-6,9-10H,4,7-8,15H2,1-3H3. The van der Waals surface area contributed by atoms with Crippen LogP contribution in [-0.4, -0.2) is 27.3 Å². The van der Waals surface area contributed by atoms with E-state index in [0.29, 0.717) is 12.3 Å². The van der Waals surface area contributed by atoms with Gasteiger partial charge in [-0.05, 0) is 31.0 Å². The van der Waals surface area contributed by atoms with Gasteiger partial charge in [0, 0.05) is 33.4 Å². The summed E-state index contributed by atoms with van der Waals surface area (Å²) in [7, 11) is 3.54. The predicted molar refractivity (Wildman–Crippen MR) is 68.8 cm³/mol. The van der Waals surface area contributed by atoms with Crippen LogP contribution >= 0.6 is 0 Å². The molecule has 0 saturated heterocycles. The quantitative estimate of drug-likeness (QED) is 0.775. The second-order valence-electron chi connectivity index (χ2n) is 4.27. The van der Waals surface area contributed by atoms with Crippen molar-refractivity contribution < 1.29 is 9.13 Å². The first-order chi connectivity index (χ1) is 8.06. The SMILES string of the molecule is COCCCN(C)c1ccc(C(C)N)cc1F. The number of hydrogen-bond acceptors (Lipinski definition) is 3. The first-order valence-electron chi connectivity index (χ1n) is 5.81. The summed E-state index contributed by atoms with van der Waals surface area (Å²) in [5, 5.41) is 0.